The Bertz CT molecular complexity index is 297. The van der Waals surface area contributed by atoms with E-state index in [1.165, 1.54) is 0 Å². The molecule has 0 aliphatic carbocycles. The summed E-state index contributed by atoms with van der Waals surface area (Å²) in [5.41, 5.74) is 3.50. The van der Waals surface area contributed by atoms with Crippen molar-refractivity contribution in [1.29, 1.82) is 0 Å². The average molecular weight is 260 g/mol. The lowest BCUT2D eigenvalue weighted by atomic mass is 10.2. The molecule has 0 radical (unpaired) electrons. The molecule has 6 heteroatoms. The highest BCUT2D eigenvalue weighted by atomic mass is 79.9. The monoisotopic (exact) mass is 259 g/mol. The summed E-state index contributed by atoms with van der Waals surface area (Å²) >= 11 is 0. The molecule has 0 amide bonds. The van der Waals surface area contributed by atoms with Crippen molar-refractivity contribution >= 4 is 22.7 Å². The summed E-state index contributed by atoms with van der Waals surface area (Å²) in [5, 5.41) is 0. The SMILES string of the molecule is Br.Nc1cc(C(F)(F)F)ccc1F. The molecule has 1 nitrogen and oxygen atoms in total. The van der Waals surface area contributed by atoms with Gasteiger partial charge in [0.05, 0.1) is 11.3 Å². The number of halogens is 5. The van der Waals surface area contributed by atoms with Crippen LogP contribution in [0.25, 0.3) is 0 Å². The number of alkyl halides is 3. The van der Waals surface area contributed by atoms with Crippen LogP contribution >= 0.6 is 17.0 Å². The van der Waals surface area contributed by atoms with Crippen LogP contribution in [0.3, 0.4) is 0 Å². The molecule has 0 heterocycles. The molecule has 1 aromatic rings. The Kier molecular flexibility index (Phi) is 3.71. The van der Waals surface area contributed by atoms with Crippen LogP contribution in [-0.4, -0.2) is 0 Å². The van der Waals surface area contributed by atoms with E-state index in [4.69, 9.17) is 5.73 Å². The number of benzene rings is 1. The van der Waals surface area contributed by atoms with E-state index in [0.717, 1.165) is 0 Å². The van der Waals surface area contributed by atoms with Gasteiger partial charge in [0.25, 0.3) is 0 Å². The minimum absolute atomic E-state index is 0. The van der Waals surface area contributed by atoms with Crippen LogP contribution in [0, 0.1) is 5.82 Å². The van der Waals surface area contributed by atoms with E-state index in [-0.39, 0.29) is 17.0 Å². The molecule has 0 aliphatic heterocycles. The highest BCUT2D eigenvalue weighted by Crippen LogP contribution is 2.30. The van der Waals surface area contributed by atoms with Gasteiger partial charge in [-0.05, 0) is 18.2 Å². The lowest BCUT2D eigenvalue weighted by Gasteiger charge is -2.06. The summed E-state index contributed by atoms with van der Waals surface area (Å²) in [6.07, 6.45) is -4.47. The molecule has 0 aliphatic rings. The van der Waals surface area contributed by atoms with Crippen LogP contribution in [-0.2, 0) is 6.18 Å². The second-order valence-corrected chi connectivity index (χ2v) is 2.23. The average Bonchev–Trinajstić information content (AvgIpc) is 1.92. The molecule has 0 aromatic heterocycles. The lowest BCUT2D eigenvalue weighted by Crippen LogP contribution is -2.06. The maximum Gasteiger partial charge on any atom is 0.416 e. The molecule has 0 fully saturated rings. The number of hydrogen-bond acceptors (Lipinski definition) is 1. The van der Waals surface area contributed by atoms with Crippen LogP contribution in [0.5, 0.6) is 0 Å². The van der Waals surface area contributed by atoms with Crippen molar-refractivity contribution in [3.05, 3.63) is 29.6 Å². The number of nitrogen functional groups attached to an aromatic ring is 1. The van der Waals surface area contributed by atoms with Gasteiger partial charge in [-0.25, -0.2) is 4.39 Å². The highest BCUT2D eigenvalue weighted by molar-refractivity contribution is 8.93. The zero-order valence-corrected chi connectivity index (χ0v) is 7.94. The minimum atomic E-state index is -4.47. The summed E-state index contributed by atoms with van der Waals surface area (Å²) in [6, 6.07) is 1.90. The Morgan fingerprint density at radius 2 is 1.69 bits per heavy atom. The molecule has 13 heavy (non-hydrogen) atoms. The minimum Gasteiger partial charge on any atom is -0.396 e. The molecule has 0 saturated carbocycles. The summed E-state index contributed by atoms with van der Waals surface area (Å²) < 4.78 is 48.2. The highest BCUT2D eigenvalue weighted by Gasteiger charge is 2.30. The number of hydrogen-bond donors (Lipinski definition) is 1. The van der Waals surface area contributed by atoms with Gasteiger partial charge in [0, 0.05) is 0 Å². The van der Waals surface area contributed by atoms with Gasteiger partial charge in [0.2, 0.25) is 0 Å². The third-order valence-corrected chi connectivity index (χ3v) is 1.32. The molecule has 0 bridgehead atoms. The Balaban J connectivity index is 0.00000144. The smallest absolute Gasteiger partial charge is 0.396 e. The van der Waals surface area contributed by atoms with Gasteiger partial charge in [-0.2, -0.15) is 13.2 Å². The molecule has 1 aromatic carbocycles. The molecule has 74 valence electrons. The fraction of sp³-hybridized carbons (Fsp3) is 0.143. The standard InChI is InChI=1S/C7H5F4N.BrH/c8-5-2-1-4(3-6(5)12)7(9,10)11;/h1-3H,12H2;1H. The van der Waals surface area contributed by atoms with E-state index in [1.54, 1.807) is 0 Å². The Morgan fingerprint density at radius 3 is 2.08 bits per heavy atom. The van der Waals surface area contributed by atoms with E-state index in [2.05, 4.69) is 0 Å². The van der Waals surface area contributed by atoms with Gasteiger partial charge in [0.15, 0.2) is 0 Å². The molecule has 0 atom stereocenters. The predicted octanol–water partition coefficient (Wildman–Crippen LogP) is 3.00. The van der Waals surface area contributed by atoms with Crippen LogP contribution in [0.2, 0.25) is 0 Å². The van der Waals surface area contributed by atoms with Gasteiger partial charge in [-0.15, -0.1) is 17.0 Å². The molecule has 0 spiro atoms. The van der Waals surface area contributed by atoms with Gasteiger partial charge in [0.1, 0.15) is 5.82 Å². The first-order valence-electron chi connectivity index (χ1n) is 3.03. The summed E-state index contributed by atoms with van der Waals surface area (Å²) in [7, 11) is 0. The zero-order chi connectivity index (χ0) is 9.35. The van der Waals surface area contributed by atoms with Crippen LogP contribution in [0.4, 0.5) is 23.2 Å². The van der Waals surface area contributed by atoms with Crippen molar-refractivity contribution in [3.8, 4) is 0 Å². The van der Waals surface area contributed by atoms with Crippen LogP contribution < -0.4 is 5.73 Å². The lowest BCUT2D eigenvalue weighted by molar-refractivity contribution is -0.137. The quantitative estimate of drug-likeness (QED) is 0.563. The van der Waals surface area contributed by atoms with Gasteiger partial charge >= 0.3 is 6.18 Å². The molecule has 1 rings (SSSR count). The maximum absolute atomic E-state index is 12.4. The van der Waals surface area contributed by atoms with Crippen molar-refractivity contribution in [3.63, 3.8) is 0 Å². The molecule has 2 N–H and O–H groups in total. The van der Waals surface area contributed by atoms with Gasteiger partial charge in [-0.1, -0.05) is 0 Å². The molecule has 0 saturated heterocycles. The van der Waals surface area contributed by atoms with Gasteiger partial charge < -0.3 is 5.73 Å². The fourth-order valence-corrected chi connectivity index (χ4v) is 0.720. The fourth-order valence-electron chi connectivity index (χ4n) is 0.720. The van der Waals surface area contributed by atoms with E-state index < -0.39 is 23.2 Å². The third kappa shape index (κ3) is 2.87. The van der Waals surface area contributed by atoms with Crippen molar-refractivity contribution in [2.45, 2.75) is 6.18 Å². The second kappa shape index (κ2) is 3.95. The van der Waals surface area contributed by atoms with Crippen molar-refractivity contribution < 1.29 is 17.6 Å². The van der Waals surface area contributed by atoms with E-state index >= 15 is 0 Å². The number of anilines is 1. The molecular formula is C7H6BrF4N. The van der Waals surface area contributed by atoms with Crippen molar-refractivity contribution in [1.82, 2.24) is 0 Å². The first kappa shape index (κ1) is 12.2. The summed E-state index contributed by atoms with van der Waals surface area (Å²) in [5.74, 6) is -0.844. The summed E-state index contributed by atoms with van der Waals surface area (Å²) in [6.45, 7) is 0. The third-order valence-electron chi connectivity index (χ3n) is 1.32. The largest absolute Gasteiger partial charge is 0.416 e. The predicted molar refractivity (Wildman–Crippen MR) is 46.1 cm³/mol. The Hall–Kier alpha value is -0.780. The van der Waals surface area contributed by atoms with E-state index in [1.807, 2.05) is 0 Å². The Labute approximate surface area is 82.3 Å². The van der Waals surface area contributed by atoms with Crippen molar-refractivity contribution in [2.24, 2.45) is 0 Å². The van der Waals surface area contributed by atoms with Gasteiger partial charge in [-0.3, -0.25) is 0 Å². The van der Waals surface area contributed by atoms with E-state index in [0.29, 0.717) is 18.2 Å². The van der Waals surface area contributed by atoms with E-state index in [9.17, 15) is 17.6 Å². The second-order valence-electron chi connectivity index (χ2n) is 2.23. The van der Waals surface area contributed by atoms with Crippen LogP contribution in [0.15, 0.2) is 18.2 Å². The zero-order valence-electron chi connectivity index (χ0n) is 6.23. The number of nitrogens with two attached hydrogens (primary N) is 1. The molecule has 0 unspecified atom stereocenters. The van der Waals surface area contributed by atoms with Crippen LogP contribution in [0.1, 0.15) is 5.56 Å². The molecular weight excluding hydrogens is 254 g/mol. The maximum atomic E-state index is 12.4. The number of rotatable bonds is 0. The topological polar surface area (TPSA) is 26.0 Å². The first-order chi connectivity index (χ1) is 5.41. The summed E-state index contributed by atoms with van der Waals surface area (Å²) in [4.78, 5) is 0. The normalized spacial score (nSPS) is 10.8. The Morgan fingerprint density at radius 1 is 1.15 bits per heavy atom. The van der Waals surface area contributed by atoms with Crippen molar-refractivity contribution in [2.75, 3.05) is 5.73 Å². The first-order valence-corrected chi connectivity index (χ1v) is 3.03.